The van der Waals surface area contributed by atoms with Crippen molar-refractivity contribution in [2.75, 3.05) is 6.54 Å². The fourth-order valence-corrected chi connectivity index (χ4v) is 2.76. The monoisotopic (exact) mass is 323 g/mol. The van der Waals surface area contributed by atoms with Crippen molar-refractivity contribution in [1.82, 2.24) is 5.32 Å². The normalized spacial score (nSPS) is 13.6. The van der Waals surface area contributed by atoms with Crippen molar-refractivity contribution < 1.29 is 14.5 Å². The smallest absolute Gasteiger partial charge is 0.275 e. The van der Waals surface area contributed by atoms with Crippen LogP contribution in [0, 0.1) is 0 Å². The van der Waals surface area contributed by atoms with E-state index < -0.39 is 0 Å². The van der Waals surface area contributed by atoms with Gasteiger partial charge in [0, 0.05) is 10.9 Å². The van der Waals surface area contributed by atoms with Gasteiger partial charge in [-0.25, -0.2) is 0 Å². The van der Waals surface area contributed by atoms with E-state index in [1.807, 2.05) is 60.8 Å². The molecule has 1 aromatic heterocycles. The van der Waals surface area contributed by atoms with Crippen molar-refractivity contribution in [2.45, 2.75) is 25.9 Å². The third-order valence-corrected chi connectivity index (χ3v) is 4.23. The van der Waals surface area contributed by atoms with Gasteiger partial charge in [-0.2, -0.15) is 0 Å². The second-order valence-electron chi connectivity index (χ2n) is 6.11. The minimum Gasteiger partial charge on any atom is -0.459 e. The van der Waals surface area contributed by atoms with Gasteiger partial charge >= 0.3 is 0 Å². The molecule has 0 spiro atoms. The number of furan rings is 1. The molecule has 0 aliphatic carbocycles. The van der Waals surface area contributed by atoms with E-state index in [1.165, 1.54) is 5.56 Å². The van der Waals surface area contributed by atoms with Crippen molar-refractivity contribution in [1.29, 1.82) is 0 Å². The van der Waals surface area contributed by atoms with E-state index in [4.69, 9.17) is 4.42 Å². The molecule has 0 unspecified atom stereocenters. The first-order valence-corrected chi connectivity index (χ1v) is 8.29. The highest BCUT2D eigenvalue weighted by Crippen LogP contribution is 2.23. The Hall–Kier alpha value is -2.59. The van der Waals surface area contributed by atoms with Crippen LogP contribution < -0.4 is 10.6 Å². The lowest BCUT2D eigenvalue weighted by atomic mass is 10.1. The number of carbonyl (C=O) groups excluding carboxylic acids is 1. The zero-order valence-electron chi connectivity index (χ0n) is 14.0. The van der Waals surface area contributed by atoms with Crippen LogP contribution in [0.3, 0.4) is 0 Å². The quantitative estimate of drug-likeness (QED) is 0.733. The van der Waals surface area contributed by atoms with Crippen molar-refractivity contribution in [3.05, 3.63) is 72.0 Å². The molecule has 2 atom stereocenters. The van der Waals surface area contributed by atoms with Crippen molar-refractivity contribution in [3.63, 3.8) is 0 Å². The molecule has 0 fully saturated rings. The minimum absolute atomic E-state index is 0.00531. The van der Waals surface area contributed by atoms with Gasteiger partial charge in [0.2, 0.25) is 0 Å². The zero-order chi connectivity index (χ0) is 16.9. The van der Waals surface area contributed by atoms with E-state index in [0.29, 0.717) is 6.54 Å². The van der Waals surface area contributed by atoms with Gasteiger partial charge in [0.05, 0.1) is 6.04 Å². The molecule has 4 heteroatoms. The highest BCUT2D eigenvalue weighted by Gasteiger charge is 2.16. The summed E-state index contributed by atoms with van der Waals surface area (Å²) in [5.41, 5.74) is 2.06. The van der Waals surface area contributed by atoms with Gasteiger partial charge in [0.25, 0.3) is 5.91 Å². The maximum atomic E-state index is 12.2. The van der Waals surface area contributed by atoms with Crippen LogP contribution in [-0.2, 0) is 4.79 Å². The number of nitrogens with two attached hydrogens (primary N) is 1. The van der Waals surface area contributed by atoms with Crippen LogP contribution in [0.4, 0.5) is 0 Å². The molecule has 3 N–H and O–H groups in total. The van der Waals surface area contributed by atoms with Crippen molar-refractivity contribution in [2.24, 2.45) is 0 Å². The molecule has 0 saturated heterocycles. The van der Waals surface area contributed by atoms with E-state index in [9.17, 15) is 4.79 Å². The first-order valence-electron chi connectivity index (χ1n) is 8.29. The van der Waals surface area contributed by atoms with Gasteiger partial charge in [-0.15, -0.1) is 0 Å². The Labute approximate surface area is 141 Å². The highest BCUT2D eigenvalue weighted by molar-refractivity contribution is 5.79. The molecular weight excluding hydrogens is 300 g/mol. The molecule has 3 rings (SSSR count). The largest absolute Gasteiger partial charge is 0.459 e. The van der Waals surface area contributed by atoms with Gasteiger partial charge in [-0.05, 0) is 26.0 Å². The summed E-state index contributed by atoms with van der Waals surface area (Å²) >= 11 is 0. The molecule has 0 bridgehead atoms. The molecule has 1 amide bonds. The predicted octanol–water partition coefficient (Wildman–Crippen LogP) is 2.93. The standard InChI is InChI=1S/C20H22N2O2/c1-14(16-8-4-3-5-9-16)21-13-20(23)22-15(2)19-12-17-10-6-7-11-18(17)24-19/h3-12,14-15,21H,13H2,1-2H3,(H,22,23)/p+1/t14-,15+/m1/s1. The fraction of sp³-hybridized carbons (Fsp3) is 0.250. The fourth-order valence-electron chi connectivity index (χ4n) is 2.76. The molecule has 0 saturated carbocycles. The number of nitrogens with one attached hydrogen (secondary N) is 1. The number of carbonyl (C=O) groups is 1. The van der Waals surface area contributed by atoms with Gasteiger partial charge in [0.1, 0.15) is 17.4 Å². The van der Waals surface area contributed by atoms with E-state index in [-0.39, 0.29) is 18.0 Å². The molecule has 2 aromatic carbocycles. The summed E-state index contributed by atoms with van der Waals surface area (Å²) in [6.07, 6.45) is 0. The summed E-state index contributed by atoms with van der Waals surface area (Å²) in [5, 5.41) is 6.09. The van der Waals surface area contributed by atoms with E-state index in [1.54, 1.807) is 0 Å². The van der Waals surface area contributed by atoms with Crippen LogP contribution in [0.25, 0.3) is 11.0 Å². The average molecular weight is 323 g/mol. The molecular formula is C20H23N2O2+. The SMILES string of the molecule is C[C@H](NC(=O)C[NH2+][C@H](C)c1ccccc1)c1cc2ccccc2o1. The number of hydrogen-bond donors (Lipinski definition) is 2. The maximum absolute atomic E-state index is 12.2. The average Bonchev–Trinajstić information content (AvgIpc) is 3.05. The summed E-state index contributed by atoms with van der Waals surface area (Å²) in [4.78, 5) is 12.2. The van der Waals surface area contributed by atoms with Crippen LogP contribution in [0.5, 0.6) is 0 Å². The van der Waals surface area contributed by atoms with Crippen LogP contribution >= 0.6 is 0 Å². The summed E-state index contributed by atoms with van der Waals surface area (Å²) in [5.74, 6) is 0.784. The van der Waals surface area contributed by atoms with Crippen LogP contribution in [0.2, 0.25) is 0 Å². The van der Waals surface area contributed by atoms with Crippen LogP contribution in [0.1, 0.15) is 37.3 Å². The molecule has 124 valence electrons. The van der Waals surface area contributed by atoms with Crippen molar-refractivity contribution in [3.8, 4) is 0 Å². The number of hydrogen-bond acceptors (Lipinski definition) is 2. The maximum Gasteiger partial charge on any atom is 0.275 e. The first-order chi connectivity index (χ1) is 11.6. The number of rotatable bonds is 6. The lowest BCUT2D eigenvalue weighted by molar-refractivity contribution is -0.682. The van der Waals surface area contributed by atoms with Gasteiger partial charge in [-0.1, -0.05) is 48.5 Å². The number of fused-ring (bicyclic) bond motifs is 1. The van der Waals surface area contributed by atoms with Gasteiger partial charge < -0.3 is 15.1 Å². The lowest BCUT2D eigenvalue weighted by Crippen LogP contribution is -2.87. The topological polar surface area (TPSA) is 58.9 Å². The number of para-hydroxylation sites is 1. The molecule has 0 aliphatic heterocycles. The number of quaternary nitrogens is 1. The van der Waals surface area contributed by atoms with Gasteiger partial charge in [0.15, 0.2) is 6.54 Å². The molecule has 1 heterocycles. The zero-order valence-corrected chi connectivity index (χ0v) is 14.0. The van der Waals surface area contributed by atoms with Crippen molar-refractivity contribution >= 4 is 16.9 Å². The molecule has 24 heavy (non-hydrogen) atoms. The Morgan fingerprint density at radius 2 is 1.79 bits per heavy atom. The Morgan fingerprint density at radius 1 is 1.08 bits per heavy atom. The highest BCUT2D eigenvalue weighted by atomic mass is 16.3. The summed E-state index contributed by atoms with van der Waals surface area (Å²) < 4.78 is 5.80. The number of benzene rings is 2. The summed E-state index contributed by atoms with van der Waals surface area (Å²) in [7, 11) is 0. The third kappa shape index (κ3) is 3.84. The summed E-state index contributed by atoms with van der Waals surface area (Å²) in [6.45, 7) is 4.43. The second kappa shape index (κ2) is 7.32. The molecule has 0 radical (unpaired) electrons. The second-order valence-corrected chi connectivity index (χ2v) is 6.11. The molecule has 4 nitrogen and oxygen atoms in total. The predicted molar refractivity (Wildman–Crippen MR) is 94.4 cm³/mol. The molecule has 0 aliphatic rings. The Kier molecular flexibility index (Phi) is 4.96. The van der Waals surface area contributed by atoms with E-state index >= 15 is 0 Å². The van der Waals surface area contributed by atoms with E-state index in [0.717, 1.165) is 16.7 Å². The van der Waals surface area contributed by atoms with Gasteiger partial charge in [-0.3, -0.25) is 4.79 Å². The minimum atomic E-state index is -0.148. The van der Waals surface area contributed by atoms with E-state index in [2.05, 4.69) is 24.4 Å². The van der Waals surface area contributed by atoms with Crippen LogP contribution in [-0.4, -0.2) is 12.5 Å². The summed E-state index contributed by atoms with van der Waals surface area (Å²) in [6, 6.07) is 20.1. The molecule has 3 aromatic rings. The number of amides is 1. The Morgan fingerprint density at radius 3 is 2.54 bits per heavy atom. The third-order valence-electron chi connectivity index (χ3n) is 4.23. The Balaban J connectivity index is 1.54. The lowest BCUT2D eigenvalue weighted by Gasteiger charge is -2.13. The van der Waals surface area contributed by atoms with Crippen LogP contribution in [0.15, 0.2) is 65.1 Å². The Bertz CT molecular complexity index is 778. The first kappa shape index (κ1) is 16.3.